The Kier molecular flexibility index (Phi) is 25.9. The fraction of sp³-hybridized carbons (Fsp3) is 0.719. The number of hydrogen-bond acceptors (Lipinski definition) is 2. The maximum absolute atomic E-state index is 5.74. The first-order valence-corrected chi connectivity index (χ1v) is 40.8. The monoisotopic (exact) mass is 1080 g/mol. The van der Waals surface area contributed by atoms with Crippen molar-refractivity contribution < 1.29 is 75.4 Å². The Bertz CT molecular complexity index is 2410. The van der Waals surface area contributed by atoms with Gasteiger partial charge in [-0.15, -0.1) is 11.1 Å². The standard InChI is InChI=1S/C32H58N2Si2.C32H54N2Si2.4Li/c2*1-20-21(2)25(6)29(24(20)5)35(12,13)33-31(9,10)28-16-18-32(11,19-17-28)34-36(14,15)30-26(7)22(3)23(4)27(30)8;;;;/h28-30,33-34H,16-19H2,1-15H3;28H,16-19H2,1-15H3;;;;/q;-4;4*+1. The second-order valence-corrected chi connectivity index (χ2v) is 45.1. The molecule has 0 saturated heterocycles. The molecule has 4 aliphatic carbocycles. The molecular formula is C64H112Li4N4Si4. The van der Waals surface area contributed by atoms with Crippen LogP contribution >= 0.6 is 0 Å². The molecule has 0 atom stereocenters. The van der Waals surface area contributed by atoms with E-state index in [0.717, 1.165) is 5.92 Å². The fourth-order valence-electron chi connectivity index (χ4n) is 16.7. The van der Waals surface area contributed by atoms with Gasteiger partial charge in [0.2, 0.25) is 0 Å². The molecule has 0 bridgehead atoms. The summed E-state index contributed by atoms with van der Waals surface area (Å²) in [6, 6.07) is 0. The minimum Gasteiger partial charge on any atom is -0.665 e. The van der Waals surface area contributed by atoms with Crippen LogP contribution in [0.2, 0.25) is 63.5 Å². The Morgan fingerprint density at radius 1 is 0.447 bits per heavy atom. The van der Waals surface area contributed by atoms with Gasteiger partial charge in [0.15, 0.2) is 0 Å². The van der Waals surface area contributed by atoms with E-state index in [0.29, 0.717) is 17.0 Å². The van der Waals surface area contributed by atoms with Crippen molar-refractivity contribution in [3.63, 3.8) is 0 Å². The molecule has 0 unspecified atom stereocenters. The molecule has 4 nitrogen and oxygen atoms in total. The molecule has 0 heterocycles. The summed E-state index contributed by atoms with van der Waals surface area (Å²) in [7, 11) is -7.20. The third kappa shape index (κ3) is 15.0. The Balaban J connectivity index is 0.000000722. The summed E-state index contributed by atoms with van der Waals surface area (Å²) in [5.41, 5.74) is 26.3. The normalized spacial score (nSPS) is 23.6. The summed E-state index contributed by atoms with van der Waals surface area (Å²) >= 11 is 0. The zero-order chi connectivity index (χ0) is 55.2. The van der Waals surface area contributed by atoms with Gasteiger partial charge in [0.25, 0.3) is 0 Å². The van der Waals surface area contributed by atoms with Crippen molar-refractivity contribution in [3.05, 3.63) is 99.1 Å². The summed E-state index contributed by atoms with van der Waals surface area (Å²) in [6.45, 7) is 72.2. The molecule has 0 amide bonds. The Hall–Kier alpha value is 0.757. The topological polar surface area (TPSA) is 52.3 Å². The van der Waals surface area contributed by atoms with Gasteiger partial charge in [-0.05, 0) is 130 Å². The van der Waals surface area contributed by atoms with Crippen molar-refractivity contribution in [1.29, 1.82) is 0 Å². The summed E-state index contributed by atoms with van der Waals surface area (Å²) in [6.07, 6.45) is 10.1. The number of allylic oxidation sites excluding steroid dienone is 8. The minimum atomic E-state index is -1.92. The smallest absolute Gasteiger partial charge is 0.665 e. The van der Waals surface area contributed by atoms with Gasteiger partial charge in [-0.2, -0.15) is 54.9 Å². The van der Waals surface area contributed by atoms with Gasteiger partial charge in [0.1, 0.15) is 16.5 Å². The van der Waals surface area contributed by atoms with E-state index in [4.69, 9.17) is 9.96 Å². The number of nitrogens with zero attached hydrogens (tertiary/aromatic N) is 2. The van der Waals surface area contributed by atoms with Crippen LogP contribution in [-0.4, -0.2) is 55.1 Å². The van der Waals surface area contributed by atoms with Crippen LogP contribution in [0.25, 0.3) is 9.96 Å². The van der Waals surface area contributed by atoms with Gasteiger partial charge < -0.3 is 19.9 Å². The van der Waals surface area contributed by atoms with E-state index in [1.54, 1.807) is 32.7 Å². The van der Waals surface area contributed by atoms with E-state index in [2.05, 4.69) is 215 Å². The minimum absolute atomic E-state index is 0. The van der Waals surface area contributed by atoms with Crippen molar-refractivity contribution in [2.45, 2.75) is 289 Å². The van der Waals surface area contributed by atoms with Crippen molar-refractivity contribution in [3.8, 4) is 0 Å². The van der Waals surface area contributed by atoms with E-state index >= 15 is 0 Å². The maximum Gasteiger partial charge on any atom is 1.00 e. The molecule has 2 N–H and O–H groups in total. The molecule has 408 valence electrons. The molecular weight excluding hydrogens is 965 g/mol. The molecule has 12 heteroatoms. The van der Waals surface area contributed by atoms with Crippen molar-refractivity contribution in [1.82, 2.24) is 9.96 Å². The maximum atomic E-state index is 5.74. The number of rotatable bonds is 14. The molecule has 4 aliphatic rings. The van der Waals surface area contributed by atoms with E-state index in [-0.39, 0.29) is 97.6 Å². The third-order valence-corrected chi connectivity index (χ3v) is 34.7. The van der Waals surface area contributed by atoms with Crippen LogP contribution < -0.4 is 95.8 Å². The van der Waals surface area contributed by atoms with Crippen molar-refractivity contribution >= 4 is 43.3 Å². The second kappa shape index (κ2) is 26.4. The Morgan fingerprint density at radius 2 is 0.750 bits per heavy atom. The zero-order valence-electron chi connectivity index (χ0n) is 56.9. The van der Waals surface area contributed by atoms with Gasteiger partial charge in [0.05, 0.1) is 0 Å². The van der Waals surface area contributed by atoms with E-state index < -0.39 is 32.9 Å². The number of hydrogen-bond donors (Lipinski definition) is 2. The first kappa shape index (κ1) is 74.8. The van der Waals surface area contributed by atoms with Gasteiger partial charge in [-0.25, -0.2) is 0 Å². The quantitative estimate of drug-likeness (QED) is 0.180. The van der Waals surface area contributed by atoms with Crippen LogP contribution in [0.15, 0.2) is 44.6 Å². The molecule has 6 rings (SSSR count). The molecule has 2 aromatic carbocycles. The SMILES string of the molecule is CC1=C(C)C([Si](C)(C)NC2(C)CCC(C(C)(C)N[Si](C)(C)C3C(C)=C(C)C(C)=C3C)CC2)C(C)=C1C.Cc1c(C)c(C)[c-]([Si](C)(C)[N-]C2(C)CCC(C(C)(C)[N-][Si](C)(C)[c-]3c(C)c(C)c(C)c3C)CC2)c1C.[Li+].[Li+].[Li+].[Li+]. The largest absolute Gasteiger partial charge is 1.00 e. The second-order valence-electron chi connectivity index (χ2n) is 28.9. The van der Waals surface area contributed by atoms with Crippen LogP contribution in [0, 0.1) is 67.2 Å². The third-order valence-electron chi connectivity index (χ3n) is 21.3. The molecule has 0 aromatic heterocycles. The Morgan fingerprint density at radius 3 is 1.09 bits per heavy atom. The molecule has 0 aliphatic heterocycles. The van der Waals surface area contributed by atoms with E-state index in [9.17, 15) is 0 Å². The molecule has 0 radical (unpaired) electrons. The zero-order valence-corrected chi connectivity index (χ0v) is 60.9. The van der Waals surface area contributed by atoms with Crippen LogP contribution in [0.5, 0.6) is 0 Å². The van der Waals surface area contributed by atoms with E-state index in [1.165, 1.54) is 118 Å². The predicted molar refractivity (Wildman–Crippen MR) is 334 cm³/mol. The van der Waals surface area contributed by atoms with Gasteiger partial charge >= 0.3 is 75.4 Å². The average molecular weight is 1080 g/mol. The molecule has 2 saturated carbocycles. The van der Waals surface area contributed by atoms with Crippen molar-refractivity contribution in [2.24, 2.45) is 11.8 Å². The first-order valence-electron chi connectivity index (χ1n) is 28.8. The predicted octanol–water partition coefficient (Wildman–Crippen LogP) is 6.02. The van der Waals surface area contributed by atoms with Gasteiger partial charge in [-0.1, -0.05) is 199 Å². The van der Waals surface area contributed by atoms with Crippen LogP contribution in [0.1, 0.15) is 193 Å². The van der Waals surface area contributed by atoms with Crippen LogP contribution in [-0.2, 0) is 0 Å². The summed E-state index contributed by atoms with van der Waals surface area (Å²) in [5, 5.41) is 3.18. The summed E-state index contributed by atoms with van der Waals surface area (Å²) in [5.74, 6) is 1.38. The van der Waals surface area contributed by atoms with Gasteiger partial charge in [0, 0.05) is 22.2 Å². The first-order chi connectivity index (χ1) is 32.5. The van der Waals surface area contributed by atoms with E-state index in [1.807, 2.05) is 0 Å². The molecule has 2 aromatic rings. The Labute approximate surface area is 524 Å². The summed E-state index contributed by atoms with van der Waals surface area (Å²) < 4.78 is 0. The number of nitrogens with one attached hydrogen (secondary N) is 2. The fourth-order valence-corrected chi connectivity index (χ4v) is 33.7. The van der Waals surface area contributed by atoms with Crippen molar-refractivity contribution in [2.75, 3.05) is 0 Å². The summed E-state index contributed by atoms with van der Waals surface area (Å²) in [4.78, 5) is 20.2. The molecule has 76 heavy (non-hydrogen) atoms. The molecule has 2 fully saturated rings. The van der Waals surface area contributed by atoms with Crippen LogP contribution in [0.4, 0.5) is 0 Å². The van der Waals surface area contributed by atoms with Crippen LogP contribution in [0.3, 0.4) is 0 Å². The van der Waals surface area contributed by atoms with Gasteiger partial charge in [-0.3, -0.25) is 0 Å². The average Bonchev–Trinajstić information content (AvgIpc) is 3.75. The molecule has 0 spiro atoms.